The minimum absolute atomic E-state index is 0.119. The molecule has 2 aliphatic rings. The minimum Gasteiger partial charge on any atom is -0.347 e. The van der Waals surface area contributed by atoms with E-state index in [0.29, 0.717) is 11.5 Å². The SMILES string of the molecule is CS(=O)(=O)OCCC(NC(=O)C1SCCN1S(=O)(=O)c1ccc(-c2ccccc2)cc1)c1ccccc1.CS(=O)(=O)OCC[C@H](NC(=O)[C@@H]1SCCN1S(=O)(=O)c1ccc(-c2ccccc2)cc1)c1ccccc1. The maximum atomic E-state index is 13.5. The number of carbonyl (C=O) groups is 2. The smallest absolute Gasteiger partial charge is 0.264 e. The van der Waals surface area contributed by atoms with Crippen molar-refractivity contribution < 1.29 is 51.6 Å². The third kappa shape index (κ3) is 15.4. The van der Waals surface area contributed by atoms with Gasteiger partial charge in [-0.05, 0) is 70.5 Å². The number of amides is 2. The molecule has 2 heterocycles. The van der Waals surface area contributed by atoms with Gasteiger partial charge in [-0.1, -0.05) is 146 Å². The molecule has 0 bridgehead atoms. The van der Waals surface area contributed by atoms with E-state index in [4.69, 9.17) is 8.37 Å². The first-order chi connectivity index (χ1) is 35.3. The maximum absolute atomic E-state index is 13.5. The summed E-state index contributed by atoms with van der Waals surface area (Å²) < 4.78 is 112. The number of hydrogen-bond acceptors (Lipinski definition) is 14. The molecule has 2 N–H and O–H groups in total. The Morgan fingerprint density at radius 1 is 0.473 bits per heavy atom. The van der Waals surface area contributed by atoms with Crippen LogP contribution >= 0.6 is 23.5 Å². The molecular weight excluding hydrogens is 1060 g/mol. The molecule has 2 aliphatic heterocycles. The van der Waals surface area contributed by atoms with Crippen LogP contribution in [-0.2, 0) is 58.2 Å². The molecule has 0 spiro atoms. The van der Waals surface area contributed by atoms with E-state index in [0.717, 1.165) is 45.9 Å². The number of carbonyl (C=O) groups excluding carboxylic acids is 2. The minimum atomic E-state index is -3.92. The Kier molecular flexibility index (Phi) is 19.4. The number of hydrogen-bond donors (Lipinski definition) is 2. The molecule has 0 aromatic heterocycles. The summed E-state index contributed by atoms with van der Waals surface area (Å²) in [5, 5.41) is 3.92. The van der Waals surface area contributed by atoms with E-state index in [1.807, 2.05) is 121 Å². The van der Waals surface area contributed by atoms with Crippen LogP contribution in [0.15, 0.2) is 180 Å². The van der Waals surface area contributed by atoms with E-state index in [1.165, 1.54) is 32.1 Å². The number of thioether (sulfide) groups is 2. The van der Waals surface area contributed by atoms with Crippen molar-refractivity contribution in [2.45, 2.75) is 45.5 Å². The van der Waals surface area contributed by atoms with E-state index in [-0.39, 0.29) is 48.9 Å². The molecule has 8 rings (SSSR count). The van der Waals surface area contributed by atoms with Gasteiger partial charge in [0.2, 0.25) is 31.9 Å². The summed E-state index contributed by atoms with van der Waals surface area (Å²) in [5.74, 6) is 0.0412. The second-order valence-corrected chi connectivity index (χ2v) is 26.5. The van der Waals surface area contributed by atoms with Crippen molar-refractivity contribution in [3.63, 3.8) is 0 Å². The molecular formula is C52H56N4O12S6. The van der Waals surface area contributed by atoms with Crippen molar-refractivity contribution >= 4 is 75.6 Å². The fourth-order valence-corrected chi connectivity index (χ4v) is 15.1. The Labute approximate surface area is 442 Å². The molecule has 6 aromatic rings. The molecule has 4 atom stereocenters. The maximum Gasteiger partial charge on any atom is 0.264 e. The first-order valence-corrected chi connectivity index (χ1v) is 31.9. The van der Waals surface area contributed by atoms with Gasteiger partial charge in [0.1, 0.15) is 10.7 Å². The second-order valence-electron chi connectivity index (χ2n) is 17.0. The van der Waals surface area contributed by atoms with Crippen molar-refractivity contribution in [1.82, 2.24) is 19.2 Å². The lowest BCUT2D eigenvalue weighted by molar-refractivity contribution is -0.123. The first-order valence-electron chi connectivity index (χ1n) is 23.3. The van der Waals surface area contributed by atoms with Gasteiger partial charge in [0.05, 0.1) is 47.6 Å². The van der Waals surface area contributed by atoms with Crippen molar-refractivity contribution in [2.75, 3.05) is 50.3 Å². The third-order valence-electron chi connectivity index (χ3n) is 11.7. The fourth-order valence-electron chi connectivity index (χ4n) is 8.12. The molecule has 22 heteroatoms. The summed E-state index contributed by atoms with van der Waals surface area (Å²) in [6, 6.07) is 49.6. The van der Waals surface area contributed by atoms with Gasteiger partial charge in [-0.3, -0.25) is 18.0 Å². The molecule has 2 amide bonds. The lowest BCUT2D eigenvalue weighted by atomic mass is 10.0. The molecule has 0 aliphatic carbocycles. The second kappa shape index (κ2) is 25.4. The van der Waals surface area contributed by atoms with E-state index >= 15 is 0 Å². The van der Waals surface area contributed by atoms with Crippen LogP contribution in [0.2, 0.25) is 0 Å². The van der Waals surface area contributed by atoms with Crippen molar-refractivity contribution in [1.29, 1.82) is 0 Å². The Bertz CT molecular complexity index is 3050. The van der Waals surface area contributed by atoms with Crippen LogP contribution in [0.5, 0.6) is 0 Å². The number of rotatable bonds is 20. The summed E-state index contributed by atoms with van der Waals surface area (Å²) in [5.41, 5.74) is 5.28. The summed E-state index contributed by atoms with van der Waals surface area (Å²) in [6.07, 6.45) is 2.34. The van der Waals surface area contributed by atoms with Crippen LogP contribution in [0.1, 0.15) is 36.1 Å². The fraction of sp³-hybridized carbons (Fsp3) is 0.269. The van der Waals surface area contributed by atoms with E-state index in [9.17, 15) is 43.3 Å². The zero-order valence-electron chi connectivity index (χ0n) is 40.4. The van der Waals surface area contributed by atoms with Gasteiger partial charge in [-0.25, -0.2) is 16.8 Å². The van der Waals surface area contributed by atoms with Gasteiger partial charge in [0.15, 0.2) is 0 Å². The molecule has 392 valence electrons. The molecule has 0 saturated carbocycles. The van der Waals surface area contributed by atoms with Gasteiger partial charge < -0.3 is 10.6 Å². The average molecular weight is 1120 g/mol. The third-order valence-corrected chi connectivity index (χ3v) is 19.3. The Hall–Kier alpha value is -5.40. The van der Waals surface area contributed by atoms with Gasteiger partial charge in [-0.15, -0.1) is 23.5 Å². The van der Waals surface area contributed by atoms with Crippen molar-refractivity contribution in [3.8, 4) is 22.3 Å². The first kappa shape index (κ1) is 56.3. The summed E-state index contributed by atoms with van der Waals surface area (Å²) >= 11 is 2.51. The Morgan fingerprint density at radius 2 is 0.770 bits per heavy atom. The van der Waals surface area contributed by atoms with Gasteiger partial charge in [0, 0.05) is 24.6 Å². The summed E-state index contributed by atoms with van der Waals surface area (Å²) in [6.45, 7) is 0.177. The summed E-state index contributed by atoms with van der Waals surface area (Å²) in [4.78, 5) is 26.9. The molecule has 74 heavy (non-hydrogen) atoms. The van der Waals surface area contributed by atoms with Crippen molar-refractivity contribution in [3.05, 3.63) is 181 Å². The monoisotopic (exact) mass is 1120 g/mol. The molecule has 0 radical (unpaired) electrons. The lowest BCUT2D eigenvalue weighted by Crippen LogP contribution is -2.45. The molecule has 2 unspecified atom stereocenters. The van der Waals surface area contributed by atoms with Gasteiger partial charge >= 0.3 is 0 Å². The lowest BCUT2D eigenvalue weighted by Gasteiger charge is -2.26. The molecule has 2 fully saturated rings. The predicted molar refractivity (Wildman–Crippen MR) is 290 cm³/mol. The van der Waals surface area contributed by atoms with Crippen LogP contribution in [0.3, 0.4) is 0 Å². The topological polar surface area (TPSA) is 220 Å². The zero-order chi connectivity index (χ0) is 52.9. The highest BCUT2D eigenvalue weighted by Crippen LogP contribution is 2.34. The number of nitrogens with one attached hydrogen (secondary N) is 2. The molecule has 6 aromatic carbocycles. The van der Waals surface area contributed by atoms with Gasteiger partial charge in [0.25, 0.3) is 20.2 Å². The standard InChI is InChI=1S/2C26H28N2O6S3/c2*1-36(30,31)34-18-16-24(22-10-6-3-7-11-22)27-25(29)26-28(17-19-35-26)37(32,33)23-14-12-21(13-15-23)20-8-4-2-5-9-20/h2*2-15,24,26H,16-19H2,1H3,(H,27,29)/t24-,26-;/m0./s1. The molecule has 2 saturated heterocycles. The van der Waals surface area contributed by atoms with Crippen LogP contribution in [-0.4, -0.2) is 115 Å². The molecule has 16 nitrogen and oxygen atoms in total. The summed E-state index contributed by atoms with van der Waals surface area (Å²) in [7, 11) is -15.1. The highest BCUT2D eigenvalue weighted by Gasteiger charge is 2.42. The highest BCUT2D eigenvalue weighted by molar-refractivity contribution is 8.02. The van der Waals surface area contributed by atoms with Crippen LogP contribution in [0.25, 0.3) is 22.3 Å². The largest absolute Gasteiger partial charge is 0.347 e. The van der Waals surface area contributed by atoms with E-state index in [2.05, 4.69) is 10.6 Å². The Balaban J connectivity index is 0.000000216. The normalized spacial score (nSPS) is 17.4. The van der Waals surface area contributed by atoms with Crippen molar-refractivity contribution in [2.24, 2.45) is 0 Å². The highest BCUT2D eigenvalue weighted by atomic mass is 32.2. The average Bonchev–Trinajstić information content (AvgIpc) is 4.12. The van der Waals surface area contributed by atoms with E-state index in [1.54, 1.807) is 48.5 Å². The van der Waals surface area contributed by atoms with Crippen LogP contribution < -0.4 is 10.6 Å². The van der Waals surface area contributed by atoms with Crippen LogP contribution in [0, 0.1) is 0 Å². The number of nitrogens with zero attached hydrogens (tertiary/aromatic N) is 2. The Morgan fingerprint density at radius 3 is 1.08 bits per heavy atom. The van der Waals surface area contributed by atoms with Crippen LogP contribution in [0.4, 0.5) is 0 Å². The van der Waals surface area contributed by atoms with Gasteiger partial charge in [-0.2, -0.15) is 25.4 Å². The predicted octanol–water partition coefficient (Wildman–Crippen LogP) is 7.28. The zero-order valence-corrected chi connectivity index (χ0v) is 45.3. The number of benzene rings is 6. The van der Waals surface area contributed by atoms with E-state index < -0.39 is 74.9 Å². The quantitative estimate of drug-likeness (QED) is 0.0718. The number of sulfonamides is 2.